The lowest BCUT2D eigenvalue weighted by molar-refractivity contribution is -0.144. The van der Waals surface area contributed by atoms with E-state index in [-0.39, 0.29) is 11.9 Å². The summed E-state index contributed by atoms with van der Waals surface area (Å²) in [7, 11) is 0. The van der Waals surface area contributed by atoms with Crippen LogP contribution >= 0.6 is 0 Å². The van der Waals surface area contributed by atoms with E-state index < -0.39 is 0 Å². The molecule has 0 aliphatic rings. The molecule has 0 aromatic carbocycles. The number of carbonyl (C=O) groups is 2. The van der Waals surface area contributed by atoms with Crippen molar-refractivity contribution in [2.45, 2.75) is 155 Å². The van der Waals surface area contributed by atoms with Crippen LogP contribution in [0.3, 0.4) is 0 Å². The molecule has 0 fully saturated rings. The molecule has 0 N–H and O–H groups in total. The monoisotopic (exact) mass is 454 g/mol. The number of hydrogen-bond donors (Lipinski definition) is 0. The lowest BCUT2D eigenvalue weighted by Crippen LogP contribution is -2.05. The van der Waals surface area contributed by atoms with Crippen LogP contribution in [0.2, 0.25) is 0 Å². The first-order chi connectivity index (χ1) is 15.7. The standard InChI is InChI=1S/C28H54O4/c1-3-4-5-6-19-23-26-32-28(30)24-21-18-16-14-12-10-8-7-9-11-13-15-17-20-22-25-31-27(2)29/h3-26H2,1-2H3. The molecule has 32 heavy (non-hydrogen) atoms. The zero-order valence-corrected chi connectivity index (χ0v) is 21.6. The van der Waals surface area contributed by atoms with E-state index in [1.807, 2.05) is 0 Å². The van der Waals surface area contributed by atoms with Crippen molar-refractivity contribution >= 4 is 11.9 Å². The molecule has 0 aliphatic carbocycles. The molecule has 0 rings (SSSR count). The van der Waals surface area contributed by atoms with Crippen molar-refractivity contribution < 1.29 is 19.1 Å². The quantitative estimate of drug-likeness (QED) is 0.102. The Morgan fingerprint density at radius 2 is 0.812 bits per heavy atom. The van der Waals surface area contributed by atoms with Crippen molar-refractivity contribution in [1.82, 2.24) is 0 Å². The lowest BCUT2D eigenvalue weighted by atomic mass is 10.0. The largest absolute Gasteiger partial charge is 0.466 e. The van der Waals surface area contributed by atoms with Gasteiger partial charge < -0.3 is 9.47 Å². The maximum absolute atomic E-state index is 11.7. The Morgan fingerprint density at radius 1 is 0.469 bits per heavy atom. The second-order valence-electron chi connectivity index (χ2n) is 9.38. The summed E-state index contributed by atoms with van der Waals surface area (Å²) < 4.78 is 10.3. The Balaban J connectivity index is 3.12. The Kier molecular flexibility index (Phi) is 25.3. The summed E-state index contributed by atoms with van der Waals surface area (Å²) in [5, 5.41) is 0. The minimum atomic E-state index is -0.166. The van der Waals surface area contributed by atoms with Crippen LogP contribution in [0, 0.1) is 0 Å². The molecule has 0 saturated heterocycles. The van der Waals surface area contributed by atoms with Crippen LogP contribution < -0.4 is 0 Å². The molecule has 0 spiro atoms. The van der Waals surface area contributed by atoms with Gasteiger partial charge in [-0.05, 0) is 19.3 Å². The van der Waals surface area contributed by atoms with Crippen molar-refractivity contribution in [3.63, 3.8) is 0 Å². The first-order valence-electron chi connectivity index (χ1n) is 14.0. The Morgan fingerprint density at radius 3 is 1.22 bits per heavy atom. The topological polar surface area (TPSA) is 52.6 Å². The molecule has 0 aromatic heterocycles. The normalized spacial score (nSPS) is 10.9. The summed E-state index contributed by atoms with van der Waals surface area (Å²) >= 11 is 0. The minimum Gasteiger partial charge on any atom is -0.466 e. The molecule has 4 nitrogen and oxygen atoms in total. The predicted molar refractivity (Wildman–Crippen MR) is 135 cm³/mol. The third-order valence-electron chi connectivity index (χ3n) is 6.09. The van der Waals surface area contributed by atoms with E-state index in [1.165, 1.54) is 116 Å². The van der Waals surface area contributed by atoms with Gasteiger partial charge in [0.2, 0.25) is 0 Å². The maximum atomic E-state index is 11.7. The molecular weight excluding hydrogens is 400 g/mol. The smallest absolute Gasteiger partial charge is 0.305 e. The zero-order valence-electron chi connectivity index (χ0n) is 21.6. The van der Waals surface area contributed by atoms with Crippen LogP contribution in [0.5, 0.6) is 0 Å². The van der Waals surface area contributed by atoms with E-state index in [4.69, 9.17) is 9.47 Å². The van der Waals surface area contributed by atoms with E-state index in [0.29, 0.717) is 19.6 Å². The fourth-order valence-electron chi connectivity index (χ4n) is 4.03. The van der Waals surface area contributed by atoms with Crippen molar-refractivity contribution in [1.29, 1.82) is 0 Å². The highest BCUT2D eigenvalue weighted by Crippen LogP contribution is 2.14. The van der Waals surface area contributed by atoms with Crippen molar-refractivity contribution in [3.05, 3.63) is 0 Å². The van der Waals surface area contributed by atoms with Gasteiger partial charge in [0, 0.05) is 13.3 Å². The van der Waals surface area contributed by atoms with Gasteiger partial charge in [0.05, 0.1) is 13.2 Å². The number of unbranched alkanes of at least 4 members (excludes halogenated alkanes) is 19. The number of rotatable bonds is 25. The van der Waals surface area contributed by atoms with Gasteiger partial charge in [-0.25, -0.2) is 0 Å². The summed E-state index contributed by atoms with van der Waals surface area (Å²) in [4.78, 5) is 22.4. The van der Waals surface area contributed by atoms with Gasteiger partial charge in [-0.1, -0.05) is 122 Å². The van der Waals surface area contributed by atoms with Gasteiger partial charge in [-0.2, -0.15) is 0 Å². The summed E-state index contributed by atoms with van der Waals surface area (Å²) in [6.07, 6.45) is 27.0. The number of hydrogen-bond acceptors (Lipinski definition) is 4. The highest BCUT2D eigenvalue weighted by atomic mass is 16.5. The van der Waals surface area contributed by atoms with Gasteiger partial charge in [-0.3, -0.25) is 9.59 Å². The highest BCUT2D eigenvalue weighted by molar-refractivity contribution is 5.69. The van der Waals surface area contributed by atoms with Gasteiger partial charge in [0.25, 0.3) is 0 Å². The molecule has 0 atom stereocenters. The molecule has 190 valence electrons. The Hall–Kier alpha value is -1.06. The van der Waals surface area contributed by atoms with Crippen LogP contribution in [0.4, 0.5) is 0 Å². The Labute approximate surface area is 199 Å². The Bertz CT molecular complexity index is 408. The molecular formula is C28H54O4. The third kappa shape index (κ3) is 27.0. The predicted octanol–water partition coefficient (Wildman–Crippen LogP) is 8.69. The van der Waals surface area contributed by atoms with Crippen LogP contribution in [0.1, 0.15) is 155 Å². The van der Waals surface area contributed by atoms with Gasteiger partial charge in [-0.15, -0.1) is 0 Å². The fraction of sp³-hybridized carbons (Fsp3) is 0.929. The summed E-state index contributed by atoms with van der Waals surface area (Å²) in [5.41, 5.74) is 0. The second-order valence-corrected chi connectivity index (χ2v) is 9.38. The maximum Gasteiger partial charge on any atom is 0.305 e. The first kappa shape index (κ1) is 30.9. The summed E-state index contributed by atoms with van der Waals surface area (Å²) in [6, 6.07) is 0. The molecule has 0 unspecified atom stereocenters. The van der Waals surface area contributed by atoms with Crippen LogP contribution in [0.25, 0.3) is 0 Å². The molecule has 0 saturated carbocycles. The summed E-state index contributed by atoms with van der Waals surface area (Å²) in [6.45, 7) is 4.90. The SMILES string of the molecule is CCCCCCCCOC(=O)CCCCCCCCCCCCCCCCCOC(C)=O. The summed E-state index contributed by atoms with van der Waals surface area (Å²) in [5.74, 6) is -0.165. The van der Waals surface area contributed by atoms with Crippen LogP contribution in [-0.4, -0.2) is 25.2 Å². The third-order valence-corrected chi connectivity index (χ3v) is 6.09. The number of ether oxygens (including phenoxy) is 2. The molecule has 0 amide bonds. The minimum absolute atomic E-state index is 0.000515. The van der Waals surface area contributed by atoms with Gasteiger partial charge >= 0.3 is 11.9 Å². The van der Waals surface area contributed by atoms with E-state index in [2.05, 4.69) is 6.92 Å². The first-order valence-corrected chi connectivity index (χ1v) is 14.0. The van der Waals surface area contributed by atoms with E-state index in [9.17, 15) is 9.59 Å². The fourth-order valence-corrected chi connectivity index (χ4v) is 4.03. The molecule has 4 heteroatoms. The number of carbonyl (C=O) groups excluding carboxylic acids is 2. The molecule has 0 radical (unpaired) electrons. The van der Waals surface area contributed by atoms with Crippen LogP contribution in [-0.2, 0) is 19.1 Å². The molecule has 0 aromatic rings. The lowest BCUT2D eigenvalue weighted by Gasteiger charge is -2.05. The average Bonchev–Trinajstić information content (AvgIpc) is 2.77. The molecule has 0 bridgehead atoms. The van der Waals surface area contributed by atoms with E-state index in [1.54, 1.807) is 0 Å². The van der Waals surface area contributed by atoms with E-state index in [0.717, 1.165) is 25.7 Å². The van der Waals surface area contributed by atoms with Gasteiger partial charge in [0.1, 0.15) is 0 Å². The zero-order chi connectivity index (χ0) is 23.5. The van der Waals surface area contributed by atoms with E-state index >= 15 is 0 Å². The molecule has 0 aliphatic heterocycles. The highest BCUT2D eigenvalue weighted by Gasteiger charge is 2.02. The average molecular weight is 455 g/mol. The van der Waals surface area contributed by atoms with Crippen molar-refractivity contribution in [2.75, 3.05) is 13.2 Å². The second kappa shape index (κ2) is 26.2. The van der Waals surface area contributed by atoms with Crippen molar-refractivity contribution in [2.24, 2.45) is 0 Å². The number of esters is 2. The molecule has 0 heterocycles. The van der Waals surface area contributed by atoms with Crippen LogP contribution in [0.15, 0.2) is 0 Å². The van der Waals surface area contributed by atoms with Gasteiger partial charge in [0.15, 0.2) is 0 Å². The van der Waals surface area contributed by atoms with Crippen molar-refractivity contribution in [3.8, 4) is 0 Å².